The van der Waals surface area contributed by atoms with E-state index in [0.717, 1.165) is 30.1 Å². The molecule has 1 aliphatic rings. The van der Waals surface area contributed by atoms with Gasteiger partial charge >= 0.3 is 0 Å². The van der Waals surface area contributed by atoms with E-state index in [0.29, 0.717) is 12.1 Å². The Morgan fingerprint density at radius 1 is 1.50 bits per heavy atom. The molecule has 4 heteroatoms. The predicted molar refractivity (Wildman–Crippen MR) is 85.6 cm³/mol. The second kappa shape index (κ2) is 7.30. The number of nitrogens with zero attached hydrogens (tertiary/aromatic N) is 1. The number of halogens is 1. The van der Waals surface area contributed by atoms with Gasteiger partial charge in [-0.25, -0.2) is 0 Å². The lowest BCUT2D eigenvalue weighted by Gasteiger charge is -2.28. The molecule has 0 radical (unpaired) electrons. The molecular weight excluding hydrogens is 272 g/mol. The molecule has 2 N–H and O–H groups in total. The van der Waals surface area contributed by atoms with Crippen molar-refractivity contribution in [3.8, 4) is 0 Å². The summed E-state index contributed by atoms with van der Waals surface area (Å²) in [4.78, 5) is 2.41. The van der Waals surface area contributed by atoms with E-state index in [-0.39, 0.29) is 6.61 Å². The summed E-state index contributed by atoms with van der Waals surface area (Å²) in [6, 6.07) is 7.20. The van der Waals surface area contributed by atoms with Crippen LogP contribution in [0.2, 0.25) is 5.02 Å². The van der Waals surface area contributed by atoms with Gasteiger partial charge in [0.15, 0.2) is 0 Å². The number of nitrogens with one attached hydrogen (secondary N) is 1. The highest BCUT2D eigenvalue weighted by molar-refractivity contribution is 6.33. The van der Waals surface area contributed by atoms with Crippen LogP contribution in [0.3, 0.4) is 0 Å². The molecule has 0 spiro atoms. The van der Waals surface area contributed by atoms with Crippen LogP contribution in [0, 0.1) is 0 Å². The zero-order chi connectivity index (χ0) is 14.5. The van der Waals surface area contributed by atoms with Gasteiger partial charge < -0.3 is 15.3 Å². The quantitative estimate of drug-likeness (QED) is 0.845. The van der Waals surface area contributed by atoms with Gasteiger partial charge in [-0.3, -0.25) is 0 Å². The van der Waals surface area contributed by atoms with Crippen molar-refractivity contribution in [3.63, 3.8) is 0 Å². The lowest BCUT2D eigenvalue weighted by molar-refractivity contribution is 0.279. The lowest BCUT2D eigenvalue weighted by atomic mass is 10.1. The van der Waals surface area contributed by atoms with Crippen LogP contribution >= 0.6 is 11.6 Å². The Labute approximate surface area is 126 Å². The number of rotatable bonds is 6. The molecule has 2 rings (SSSR count). The van der Waals surface area contributed by atoms with E-state index in [9.17, 15) is 0 Å². The van der Waals surface area contributed by atoms with Crippen LogP contribution in [-0.2, 0) is 0 Å². The van der Waals surface area contributed by atoms with Crippen molar-refractivity contribution in [3.05, 3.63) is 28.8 Å². The zero-order valence-electron chi connectivity index (χ0n) is 12.4. The van der Waals surface area contributed by atoms with Crippen molar-refractivity contribution < 1.29 is 5.11 Å². The molecule has 0 amide bonds. The summed E-state index contributed by atoms with van der Waals surface area (Å²) in [7, 11) is 1.96. The summed E-state index contributed by atoms with van der Waals surface area (Å²) in [5, 5.41) is 13.1. The first-order valence-corrected chi connectivity index (χ1v) is 7.89. The Kier molecular flexibility index (Phi) is 5.70. The van der Waals surface area contributed by atoms with Gasteiger partial charge in [-0.05, 0) is 57.4 Å². The van der Waals surface area contributed by atoms with Crippen molar-refractivity contribution in [2.24, 2.45) is 0 Å². The molecule has 1 aromatic rings. The minimum Gasteiger partial charge on any atom is -0.396 e. The van der Waals surface area contributed by atoms with Crippen LogP contribution in [0.15, 0.2) is 18.2 Å². The summed E-state index contributed by atoms with van der Waals surface area (Å²) < 4.78 is 0. The molecule has 1 aliphatic heterocycles. The number of aliphatic hydroxyl groups is 1. The molecule has 0 aliphatic carbocycles. The van der Waals surface area contributed by atoms with E-state index >= 15 is 0 Å². The minimum absolute atomic E-state index is 0.274. The molecule has 2 atom stereocenters. The average Bonchev–Trinajstić information content (AvgIpc) is 2.92. The van der Waals surface area contributed by atoms with E-state index in [1.807, 2.05) is 7.05 Å². The first-order valence-electron chi connectivity index (χ1n) is 7.51. The van der Waals surface area contributed by atoms with E-state index in [1.54, 1.807) is 0 Å². The van der Waals surface area contributed by atoms with Crippen LogP contribution in [0.4, 0.5) is 5.69 Å². The molecule has 112 valence electrons. The second-order valence-electron chi connectivity index (χ2n) is 5.58. The summed E-state index contributed by atoms with van der Waals surface area (Å²) in [6.45, 7) is 3.47. The molecule has 1 fully saturated rings. The molecule has 2 unspecified atom stereocenters. The zero-order valence-corrected chi connectivity index (χ0v) is 13.2. The fourth-order valence-corrected chi connectivity index (χ4v) is 3.27. The van der Waals surface area contributed by atoms with Gasteiger partial charge in [0.1, 0.15) is 0 Å². The van der Waals surface area contributed by atoms with Crippen molar-refractivity contribution >= 4 is 17.3 Å². The highest BCUT2D eigenvalue weighted by Crippen LogP contribution is 2.34. The monoisotopic (exact) mass is 296 g/mol. The number of hydrogen-bond donors (Lipinski definition) is 2. The maximum Gasteiger partial charge on any atom is 0.0642 e. The van der Waals surface area contributed by atoms with E-state index in [1.165, 1.54) is 18.4 Å². The molecule has 1 aromatic carbocycles. The van der Waals surface area contributed by atoms with Crippen molar-refractivity contribution in [2.45, 2.75) is 44.7 Å². The number of benzene rings is 1. The Hall–Kier alpha value is -0.770. The average molecular weight is 297 g/mol. The van der Waals surface area contributed by atoms with Crippen molar-refractivity contribution in [1.29, 1.82) is 0 Å². The van der Waals surface area contributed by atoms with Crippen LogP contribution in [-0.4, -0.2) is 31.3 Å². The predicted octanol–water partition coefficient (Wildman–Crippen LogP) is 3.36. The summed E-state index contributed by atoms with van der Waals surface area (Å²) >= 11 is 6.49. The highest BCUT2D eigenvalue weighted by Gasteiger charge is 2.25. The van der Waals surface area contributed by atoms with Crippen LogP contribution < -0.4 is 10.2 Å². The van der Waals surface area contributed by atoms with E-state index in [2.05, 4.69) is 35.3 Å². The molecule has 20 heavy (non-hydrogen) atoms. The molecule has 0 saturated carbocycles. The molecule has 0 bridgehead atoms. The molecule has 0 aromatic heterocycles. The summed E-state index contributed by atoms with van der Waals surface area (Å²) in [5.41, 5.74) is 2.35. The highest BCUT2D eigenvalue weighted by atomic mass is 35.5. The fraction of sp³-hybridized carbons (Fsp3) is 0.625. The van der Waals surface area contributed by atoms with Crippen LogP contribution in [0.1, 0.15) is 44.2 Å². The third kappa shape index (κ3) is 3.46. The Morgan fingerprint density at radius 3 is 2.95 bits per heavy atom. The second-order valence-corrected chi connectivity index (χ2v) is 5.98. The fourth-order valence-electron chi connectivity index (χ4n) is 2.97. The SMILES string of the molecule is CNC(C)c1ccc(N2CCCC2CCCO)c(Cl)c1. The van der Waals surface area contributed by atoms with Crippen molar-refractivity contribution in [1.82, 2.24) is 5.32 Å². The van der Waals surface area contributed by atoms with Gasteiger partial charge in [-0.2, -0.15) is 0 Å². The maximum atomic E-state index is 9.01. The van der Waals surface area contributed by atoms with Gasteiger partial charge in [-0.15, -0.1) is 0 Å². The van der Waals surface area contributed by atoms with Gasteiger partial charge in [0.2, 0.25) is 0 Å². The molecule has 3 nitrogen and oxygen atoms in total. The lowest BCUT2D eigenvalue weighted by Crippen LogP contribution is -2.29. The van der Waals surface area contributed by atoms with E-state index in [4.69, 9.17) is 16.7 Å². The third-order valence-corrected chi connectivity index (χ3v) is 4.59. The standard InChI is InChI=1S/C16H25ClN2O/c1-12(18-2)13-7-8-16(15(17)11-13)19-9-3-5-14(19)6-4-10-20/h7-8,11-12,14,18,20H,3-6,9-10H2,1-2H3. The molecule has 1 heterocycles. The first-order chi connectivity index (χ1) is 9.67. The minimum atomic E-state index is 0.274. The number of anilines is 1. The van der Waals surface area contributed by atoms with Crippen LogP contribution in [0.25, 0.3) is 0 Å². The third-order valence-electron chi connectivity index (χ3n) is 4.29. The Morgan fingerprint density at radius 2 is 2.30 bits per heavy atom. The smallest absolute Gasteiger partial charge is 0.0642 e. The summed E-state index contributed by atoms with van der Waals surface area (Å²) in [5.74, 6) is 0. The summed E-state index contributed by atoms with van der Waals surface area (Å²) in [6.07, 6.45) is 4.32. The molecular formula is C16H25ClN2O. The number of aliphatic hydroxyl groups excluding tert-OH is 1. The Bertz CT molecular complexity index is 438. The molecule has 1 saturated heterocycles. The maximum absolute atomic E-state index is 9.01. The largest absolute Gasteiger partial charge is 0.396 e. The van der Waals surface area contributed by atoms with E-state index < -0.39 is 0 Å². The normalized spacial score (nSPS) is 20.4. The van der Waals surface area contributed by atoms with Gasteiger partial charge in [0.05, 0.1) is 10.7 Å². The first kappa shape index (κ1) is 15.6. The van der Waals surface area contributed by atoms with Gasteiger partial charge in [0.25, 0.3) is 0 Å². The Balaban J connectivity index is 2.15. The number of hydrogen-bond acceptors (Lipinski definition) is 3. The van der Waals surface area contributed by atoms with Crippen molar-refractivity contribution in [2.75, 3.05) is 25.1 Å². The van der Waals surface area contributed by atoms with Crippen LogP contribution in [0.5, 0.6) is 0 Å². The topological polar surface area (TPSA) is 35.5 Å². The van der Waals surface area contributed by atoms with Gasteiger partial charge in [0, 0.05) is 25.2 Å². The van der Waals surface area contributed by atoms with Gasteiger partial charge in [-0.1, -0.05) is 17.7 Å².